The molecule has 0 bridgehead atoms. The molecule has 126 valence electrons. The third kappa shape index (κ3) is 4.29. The maximum absolute atomic E-state index is 12.1. The van der Waals surface area contributed by atoms with E-state index in [1.165, 1.54) is 0 Å². The number of benzene rings is 1. The highest BCUT2D eigenvalue weighted by Crippen LogP contribution is 2.23. The molecule has 0 fully saturated rings. The Kier molecular flexibility index (Phi) is 6.12. The van der Waals surface area contributed by atoms with Crippen molar-refractivity contribution in [3.8, 4) is 0 Å². The molecule has 1 atom stereocenters. The fraction of sp³-hybridized carbons (Fsp3) is 0.438. The Morgan fingerprint density at radius 2 is 2.13 bits per heavy atom. The average Bonchev–Trinajstić information content (AvgIpc) is 2.56. The number of fused-ring (bicyclic) bond motifs is 1. The molecule has 0 spiro atoms. The van der Waals surface area contributed by atoms with Crippen LogP contribution in [-0.4, -0.2) is 42.7 Å². The predicted octanol–water partition coefficient (Wildman–Crippen LogP) is 0.586. The van der Waals surface area contributed by atoms with E-state index in [1.807, 2.05) is 19.1 Å². The quantitative estimate of drug-likeness (QED) is 0.376. The van der Waals surface area contributed by atoms with Gasteiger partial charge in [0.05, 0.1) is 25.3 Å². The number of aryl methyl sites for hydroxylation is 1. The van der Waals surface area contributed by atoms with Crippen LogP contribution >= 0.6 is 0 Å². The van der Waals surface area contributed by atoms with Crippen molar-refractivity contribution in [1.82, 2.24) is 4.57 Å². The zero-order valence-electron chi connectivity index (χ0n) is 13.7. The highest BCUT2D eigenvalue weighted by molar-refractivity contribution is 5.93. The number of rotatable bonds is 8. The molecule has 0 aliphatic carbocycles. The van der Waals surface area contributed by atoms with Crippen LogP contribution in [0.4, 0.5) is 11.4 Å². The molecule has 0 aliphatic rings. The van der Waals surface area contributed by atoms with Gasteiger partial charge < -0.3 is 19.4 Å². The molecule has 1 aromatic carbocycles. The van der Waals surface area contributed by atoms with Crippen LogP contribution in [0.15, 0.2) is 29.1 Å². The minimum atomic E-state index is -0.0896. The van der Waals surface area contributed by atoms with E-state index in [2.05, 4.69) is 5.32 Å². The summed E-state index contributed by atoms with van der Waals surface area (Å²) < 4.78 is 12.0. The van der Waals surface area contributed by atoms with Gasteiger partial charge in [-0.25, -0.2) is 5.21 Å². The Morgan fingerprint density at radius 1 is 1.35 bits per heavy atom. The SMILES string of the molecule is COCCOCC(C)Nc1cc(=O)n(C)c2ccc([NH2+]O)cc12. The molecule has 7 heteroatoms. The first-order chi connectivity index (χ1) is 11.1. The third-order valence-electron chi connectivity index (χ3n) is 3.62. The molecule has 2 rings (SSSR count). The molecule has 4 N–H and O–H groups in total. The van der Waals surface area contributed by atoms with Gasteiger partial charge in [-0.15, -0.1) is 0 Å². The topological polar surface area (TPSA) is 89.3 Å². The minimum Gasteiger partial charge on any atom is -0.382 e. The summed E-state index contributed by atoms with van der Waals surface area (Å²) >= 11 is 0. The number of hydrogen-bond donors (Lipinski definition) is 3. The van der Waals surface area contributed by atoms with E-state index in [4.69, 9.17) is 9.47 Å². The lowest BCUT2D eigenvalue weighted by molar-refractivity contribution is -0.825. The van der Waals surface area contributed by atoms with Gasteiger partial charge in [0.25, 0.3) is 5.56 Å². The fourth-order valence-corrected chi connectivity index (χ4v) is 2.39. The first kappa shape index (κ1) is 17.4. The monoisotopic (exact) mass is 322 g/mol. The van der Waals surface area contributed by atoms with Gasteiger partial charge in [0.2, 0.25) is 0 Å². The normalized spacial score (nSPS) is 12.5. The highest BCUT2D eigenvalue weighted by Gasteiger charge is 2.11. The van der Waals surface area contributed by atoms with Crippen molar-refractivity contribution in [2.75, 3.05) is 32.2 Å². The Hall–Kier alpha value is -1.93. The summed E-state index contributed by atoms with van der Waals surface area (Å²) in [6.45, 7) is 3.57. The van der Waals surface area contributed by atoms with Crippen molar-refractivity contribution in [2.24, 2.45) is 7.05 Å². The van der Waals surface area contributed by atoms with E-state index < -0.39 is 0 Å². The molecule has 1 unspecified atom stereocenters. The van der Waals surface area contributed by atoms with Crippen molar-refractivity contribution >= 4 is 22.3 Å². The molecule has 2 aromatic rings. The molecule has 7 nitrogen and oxygen atoms in total. The van der Waals surface area contributed by atoms with Crippen LogP contribution in [0.25, 0.3) is 10.9 Å². The van der Waals surface area contributed by atoms with Crippen LogP contribution in [0.2, 0.25) is 0 Å². The highest BCUT2D eigenvalue weighted by atomic mass is 16.5. The second kappa shape index (κ2) is 8.07. The second-order valence-corrected chi connectivity index (χ2v) is 5.47. The molecular weight excluding hydrogens is 298 g/mol. The van der Waals surface area contributed by atoms with Crippen molar-refractivity contribution in [3.63, 3.8) is 0 Å². The molecule has 0 saturated heterocycles. The van der Waals surface area contributed by atoms with Crippen LogP contribution < -0.4 is 16.4 Å². The number of aromatic nitrogens is 1. The molecule has 23 heavy (non-hydrogen) atoms. The van der Waals surface area contributed by atoms with Gasteiger partial charge in [-0.1, -0.05) is 0 Å². The van der Waals surface area contributed by atoms with Gasteiger partial charge in [0, 0.05) is 49.5 Å². The zero-order chi connectivity index (χ0) is 16.8. The predicted molar refractivity (Wildman–Crippen MR) is 88.3 cm³/mol. The van der Waals surface area contributed by atoms with Crippen LogP contribution in [0.1, 0.15) is 6.92 Å². The second-order valence-electron chi connectivity index (χ2n) is 5.47. The molecule has 0 aliphatic heterocycles. The number of anilines is 1. The molecule has 0 amide bonds. The maximum atomic E-state index is 12.1. The van der Waals surface area contributed by atoms with E-state index in [1.54, 1.807) is 30.9 Å². The Morgan fingerprint density at radius 3 is 2.83 bits per heavy atom. The molecular formula is C16H24N3O4+. The van der Waals surface area contributed by atoms with E-state index >= 15 is 0 Å². The third-order valence-corrected chi connectivity index (χ3v) is 3.62. The Balaban J connectivity index is 2.25. The van der Waals surface area contributed by atoms with Gasteiger partial charge in [-0.3, -0.25) is 4.79 Å². The number of nitrogens with two attached hydrogens (primary N) is 1. The van der Waals surface area contributed by atoms with Gasteiger partial charge in [0.1, 0.15) is 0 Å². The van der Waals surface area contributed by atoms with Crippen LogP contribution in [0.3, 0.4) is 0 Å². The summed E-state index contributed by atoms with van der Waals surface area (Å²) in [4.78, 5) is 12.1. The lowest BCUT2D eigenvalue weighted by atomic mass is 10.1. The first-order valence-corrected chi connectivity index (χ1v) is 7.51. The summed E-state index contributed by atoms with van der Waals surface area (Å²) in [5.41, 5.74) is 3.18. The van der Waals surface area contributed by atoms with Crippen molar-refractivity contribution in [1.29, 1.82) is 0 Å². The van der Waals surface area contributed by atoms with Crippen molar-refractivity contribution < 1.29 is 20.2 Å². The van der Waals surface area contributed by atoms with Crippen LogP contribution in [-0.2, 0) is 16.5 Å². The van der Waals surface area contributed by atoms with Crippen LogP contribution in [0.5, 0.6) is 0 Å². The standard InChI is InChI=1S/C16H23N3O4/c1-11(10-23-7-6-22-3)17-14-9-16(20)19(2)15-5-4-12(18-21)8-13(14)15/h4-5,8-9,11,17-18,21H,6-7,10H2,1-3H3/p+1. The van der Waals surface area contributed by atoms with Gasteiger partial charge in [-0.2, -0.15) is 5.48 Å². The van der Waals surface area contributed by atoms with Gasteiger partial charge >= 0.3 is 0 Å². The Bertz CT molecular complexity index is 714. The lowest BCUT2D eigenvalue weighted by Gasteiger charge is -2.18. The van der Waals surface area contributed by atoms with E-state index in [9.17, 15) is 10.0 Å². The van der Waals surface area contributed by atoms with E-state index in [0.29, 0.717) is 25.5 Å². The number of pyridine rings is 1. The molecule has 1 aromatic heterocycles. The van der Waals surface area contributed by atoms with Gasteiger partial charge in [-0.05, 0) is 13.0 Å². The van der Waals surface area contributed by atoms with E-state index in [0.717, 1.165) is 22.1 Å². The summed E-state index contributed by atoms with van der Waals surface area (Å²) in [6, 6.07) is 7.03. The maximum Gasteiger partial charge on any atom is 0.252 e. The summed E-state index contributed by atoms with van der Waals surface area (Å²) in [5, 5.41) is 13.4. The molecule has 1 heterocycles. The van der Waals surface area contributed by atoms with E-state index in [-0.39, 0.29) is 11.6 Å². The smallest absolute Gasteiger partial charge is 0.252 e. The van der Waals surface area contributed by atoms with Crippen LogP contribution in [0, 0.1) is 0 Å². The summed E-state index contributed by atoms with van der Waals surface area (Å²) in [5.74, 6) is 0. The Labute approximate surface area is 134 Å². The number of ether oxygens (including phenoxy) is 2. The minimum absolute atomic E-state index is 0.0314. The first-order valence-electron chi connectivity index (χ1n) is 7.51. The average molecular weight is 322 g/mol. The zero-order valence-corrected chi connectivity index (χ0v) is 13.7. The number of methoxy groups -OCH3 is 1. The lowest BCUT2D eigenvalue weighted by Crippen LogP contribution is -2.73. The largest absolute Gasteiger partial charge is 0.382 e. The van der Waals surface area contributed by atoms with Crippen molar-refractivity contribution in [2.45, 2.75) is 13.0 Å². The summed E-state index contributed by atoms with van der Waals surface area (Å²) in [6.07, 6.45) is 0. The molecule has 0 saturated carbocycles. The van der Waals surface area contributed by atoms with Crippen molar-refractivity contribution in [3.05, 3.63) is 34.6 Å². The number of hydrogen-bond acceptors (Lipinski definition) is 5. The van der Waals surface area contributed by atoms with Gasteiger partial charge in [0.15, 0.2) is 5.69 Å². The summed E-state index contributed by atoms with van der Waals surface area (Å²) in [7, 11) is 3.36. The number of nitrogens with one attached hydrogen (secondary N) is 1. The fourth-order valence-electron chi connectivity index (χ4n) is 2.39. The number of quaternary nitrogens is 1. The number of nitrogens with zero attached hydrogens (tertiary/aromatic N) is 1. The molecule has 0 radical (unpaired) electrons.